The van der Waals surface area contributed by atoms with Gasteiger partial charge >= 0.3 is 0 Å². The summed E-state index contributed by atoms with van der Waals surface area (Å²) < 4.78 is 4.30. The van der Waals surface area contributed by atoms with Crippen LogP contribution >= 0.6 is 43.5 Å². The van der Waals surface area contributed by atoms with E-state index in [0.29, 0.717) is 5.88 Å². The largest absolute Gasteiger partial charge is 0.296 e. The van der Waals surface area contributed by atoms with Gasteiger partial charge in [-0.05, 0) is 42.8 Å². The minimum atomic E-state index is 0.553. The fourth-order valence-electron chi connectivity index (χ4n) is 2.36. The van der Waals surface area contributed by atoms with E-state index in [1.807, 2.05) is 12.1 Å². The first kappa shape index (κ1) is 15.1. The molecule has 0 N–H and O–H groups in total. The summed E-state index contributed by atoms with van der Waals surface area (Å²) in [5.41, 5.74) is 4.37. The van der Waals surface area contributed by atoms with Crippen molar-refractivity contribution in [3.05, 3.63) is 56.7 Å². The Balaban J connectivity index is 2.27. The van der Waals surface area contributed by atoms with Gasteiger partial charge in [-0.3, -0.25) is 4.57 Å². The van der Waals surface area contributed by atoms with Gasteiger partial charge in [-0.15, -0.1) is 11.6 Å². The first-order valence-corrected chi connectivity index (χ1v) is 8.71. The summed E-state index contributed by atoms with van der Waals surface area (Å²) in [6, 6.07) is 12.5. The highest BCUT2D eigenvalue weighted by Crippen LogP contribution is 2.27. The zero-order valence-corrected chi connectivity index (χ0v) is 15.3. The van der Waals surface area contributed by atoms with E-state index in [0.717, 1.165) is 37.9 Å². The molecular weight excluding hydrogens is 415 g/mol. The van der Waals surface area contributed by atoms with Crippen molar-refractivity contribution in [2.24, 2.45) is 0 Å². The standard InChI is InChI=1S/C16H13Br2ClN2/c1-10-2-4-12(9-13(10)18)21-15-5-3-11(17)8-14(15)20-16(21)6-7-19/h2-5,8-9H,6-7H2,1H3. The smallest absolute Gasteiger partial charge is 0.115 e. The lowest BCUT2D eigenvalue weighted by atomic mass is 10.2. The van der Waals surface area contributed by atoms with Crippen LogP contribution in [0.15, 0.2) is 45.3 Å². The van der Waals surface area contributed by atoms with Crippen LogP contribution in [0.1, 0.15) is 11.4 Å². The molecule has 0 saturated carbocycles. The summed E-state index contributed by atoms with van der Waals surface area (Å²) in [5, 5.41) is 0. The third-order valence-electron chi connectivity index (χ3n) is 3.42. The van der Waals surface area contributed by atoms with Gasteiger partial charge in [0.25, 0.3) is 0 Å². The first-order chi connectivity index (χ1) is 10.1. The Kier molecular flexibility index (Phi) is 4.38. The maximum atomic E-state index is 5.94. The first-order valence-electron chi connectivity index (χ1n) is 6.59. The number of halogens is 3. The Labute approximate surface area is 145 Å². The van der Waals surface area contributed by atoms with Crippen LogP contribution in [0.25, 0.3) is 16.7 Å². The molecule has 0 bridgehead atoms. The van der Waals surface area contributed by atoms with Gasteiger partial charge in [0.05, 0.1) is 11.0 Å². The molecule has 2 aromatic carbocycles. The predicted octanol–water partition coefficient (Wildman–Crippen LogP) is 5.64. The SMILES string of the molecule is Cc1ccc(-n2c(CCCl)nc3cc(Br)ccc32)cc1Br. The Morgan fingerprint density at radius 2 is 1.95 bits per heavy atom. The summed E-state index contributed by atoms with van der Waals surface area (Å²) in [7, 11) is 0. The average Bonchev–Trinajstić information content (AvgIpc) is 2.79. The van der Waals surface area contributed by atoms with E-state index in [-0.39, 0.29) is 0 Å². The van der Waals surface area contributed by atoms with E-state index in [1.54, 1.807) is 0 Å². The minimum absolute atomic E-state index is 0.553. The van der Waals surface area contributed by atoms with Gasteiger partial charge in [0.1, 0.15) is 5.82 Å². The lowest BCUT2D eigenvalue weighted by molar-refractivity contribution is 0.911. The number of alkyl halides is 1. The molecule has 21 heavy (non-hydrogen) atoms. The summed E-state index contributed by atoms with van der Waals surface area (Å²) in [6.07, 6.45) is 0.735. The van der Waals surface area contributed by atoms with Crippen molar-refractivity contribution in [1.29, 1.82) is 0 Å². The normalized spacial score (nSPS) is 11.2. The summed E-state index contributed by atoms with van der Waals surface area (Å²) in [6.45, 7) is 2.08. The number of nitrogens with zero attached hydrogens (tertiary/aromatic N) is 2. The van der Waals surface area contributed by atoms with Crippen molar-refractivity contribution in [3.63, 3.8) is 0 Å². The van der Waals surface area contributed by atoms with Crippen LogP contribution in [0, 0.1) is 6.92 Å². The molecule has 5 heteroatoms. The highest BCUT2D eigenvalue weighted by molar-refractivity contribution is 9.10. The van der Waals surface area contributed by atoms with Crippen molar-refractivity contribution in [1.82, 2.24) is 9.55 Å². The lowest BCUT2D eigenvalue weighted by Crippen LogP contribution is -2.02. The van der Waals surface area contributed by atoms with Gasteiger partial charge in [0, 0.05) is 26.9 Å². The molecule has 3 aromatic rings. The predicted molar refractivity (Wildman–Crippen MR) is 95.6 cm³/mol. The van der Waals surface area contributed by atoms with Gasteiger partial charge in [0.15, 0.2) is 0 Å². The molecule has 3 rings (SSSR count). The van der Waals surface area contributed by atoms with Crippen LogP contribution in [0.3, 0.4) is 0 Å². The van der Waals surface area contributed by atoms with Crippen molar-refractivity contribution < 1.29 is 0 Å². The molecular formula is C16H13Br2ClN2. The monoisotopic (exact) mass is 426 g/mol. The van der Waals surface area contributed by atoms with Crippen molar-refractivity contribution in [2.45, 2.75) is 13.3 Å². The molecule has 0 atom stereocenters. The molecule has 0 unspecified atom stereocenters. The van der Waals surface area contributed by atoms with Gasteiger partial charge in [-0.1, -0.05) is 37.9 Å². The van der Waals surface area contributed by atoms with Crippen molar-refractivity contribution >= 4 is 54.5 Å². The fraction of sp³-hybridized carbons (Fsp3) is 0.188. The Hall–Kier alpha value is -0.840. The van der Waals surface area contributed by atoms with Crippen LogP contribution in [0.5, 0.6) is 0 Å². The van der Waals surface area contributed by atoms with Crippen LogP contribution in [-0.4, -0.2) is 15.4 Å². The number of hydrogen-bond donors (Lipinski definition) is 0. The van der Waals surface area contributed by atoms with Crippen LogP contribution in [0.2, 0.25) is 0 Å². The summed E-state index contributed by atoms with van der Waals surface area (Å²) in [5.74, 6) is 1.53. The molecule has 0 aliphatic heterocycles. The zero-order valence-electron chi connectivity index (χ0n) is 11.4. The van der Waals surface area contributed by atoms with Gasteiger partial charge in [0.2, 0.25) is 0 Å². The van der Waals surface area contributed by atoms with Crippen LogP contribution in [-0.2, 0) is 6.42 Å². The summed E-state index contributed by atoms with van der Waals surface area (Å²) >= 11 is 13.0. The Morgan fingerprint density at radius 1 is 1.14 bits per heavy atom. The molecule has 0 fully saturated rings. The van der Waals surface area contributed by atoms with Gasteiger partial charge in [-0.2, -0.15) is 0 Å². The molecule has 1 heterocycles. The number of imidazole rings is 1. The highest BCUT2D eigenvalue weighted by Gasteiger charge is 2.13. The summed E-state index contributed by atoms with van der Waals surface area (Å²) in [4.78, 5) is 4.72. The van der Waals surface area contributed by atoms with E-state index in [4.69, 9.17) is 16.6 Å². The molecule has 0 aliphatic carbocycles. The number of rotatable bonds is 3. The highest BCUT2D eigenvalue weighted by atomic mass is 79.9. The topological polar surface area (TPSA) is 17.8 Å². The van der Waals surface area contributed by atoms with Crippen molar-refractivity contribution in [2.75, 3.05) is 5.88 Å². The number of hydrogen-bond acceptors (Lipinski definition) is 1. The van der Waals surface area contributed by atoms with E-state index < -0.39 is 0 Å². The molecule has 0 amide bonds. The van der Waals surface area contributed by atoms with E-state index in [2.05, 4.69) is 67.6 Å². The maximum absolute atomic E-state index is 5.94. The molecule has 1 aromatic heterocycles. The number of aryl methyl sites for hydroxylation is 2. The molecule has 0 radical (unpaired) electrons. The third-order valence-corrected chi connectivity index (χ3v) is 4.95. The molecule has 0 aliphatic rings. The second-order valence-corrected chi connectivity index (χ2v) is 7.02. The third kappa shape index (κ3) is 2.89. The van der Waals surface area contributed by atoms with Crippen LogP contribution < -0.4 is 0 Å². The Bertz CT molecular complexity index is 811. The number of benzene rings is 2. The second kappa shape index (κ2) is 6.11. The van der Waals surface area contributed by atoms with E-state index >= 15 is 0 Å². The van der Waals surface area contributed by atoms with Gasteiger partial charge < -0.3 is 0 Å². The number of aromatic nitrogens is 2. The number of fused-ring (bicyclic) bond motifs is 1. The molecule has 0 spiro atoms. The minimum Gasteiger partial charge on any atom is -0.296 e. The maximum Gasteiger partial charge on any atom is 0.115 e. The zero-order chi connectivity index (χ0) is 15.0. The Morgan fingerprint density at radius 3 is 2.67 bits per heavy atom. The molecule has 108 valence electrons. The van der Waals surface area contributed by atoms with E-state index in [1.165, 1.54) is 5.56 Å². The lowest BCUT2D eigenvalue weighted by Gasteiger charge is -2.10. The second-order valence-electron chi connectivity index (χ2n) is 4.87. The van der Waals surface area contributed by atoms with Gasteiger partial charge in [-0.25, -0.2) is 4.98 Å². The molecule has 2 nitrogen and oxygen atoms in total. The molecule has 0 saturated heterocycles. The average molecular weight is 429 g/mol. The van der Waals surface area contributed by atoms with Crippen molar-refractivity contribution in [3.8, 4) is 5.69 Å². The fourth-order valence-corrected chi connectivity index (χ4v) is 3.25. The quantitative estimate of drug-likeness (QED) is 0.494. The van der Waals surface area contributed by atoms with Crippen LogP contribution in [0.4, 0.5) is 0 Å². The van der Waals surface area contributed by atoms with E-state index in [9.17, 15) is 0 Å².